The first kappa shape index (κ1) is 17.0. The Morgan fingerprint density at radius 3 is 2.33 bits per heavy atom. The zero-order chi connectivity index (χ0) is 17.4. The normalized spacial score (nSPS) is 12.2. The van der Waals surface area contributed by atoms with Crippen LogP contribution < -0.4 is 16.8 Å². The maximum absolute atomic E-state index is 10.4. The molecule has 9 heteroatoms. The number of nitrogens with one attached hydrogen (secondary N) is 1. The number of aromatic nitrogens is 2. The molecule has 0 aromatic carbocycles. The van der Waals surface area contributed by atoms with Crippen LogP contribution in [0.25, 0.3) is 0 Å². The number of pyridine rings is 2. The highest BCUT2D eigenvalue weighted by Crippen LogP contribution is 2.01. The van der Waals surface area contributed by atoms with Crippen LogP contribution >= 0.6 is 0 Å². The highest BCUT2D eigenvalue weighted by atomic mass is 16.4. The van der Waals surface area contributed by atoms with E-state index in [1.807, 2.05) is 0 Å². The number of nitrogens with zero attached hydrogens (tertiary/aromatic N) is 4. The van der Waals surface area contributed by atoms with Gasteiger partial charge in [-0.25, -0.2) is 0 Å². The summed E-state index contributed by atoms with van der Waals surface area (Å²) in [5, 5.41) is 19.0. The molecule has 2 aromatic heterocycles. The van der Waals surface area contributed by atoms with Crippen molar-refractivity contribution in [2.75, 3.05) is 6.54 Å². The monoisotopic (exact) mass is 327 g/mol. The van der Waals surface area contributed by atoms with Crippen molar-refractivity contribution < 1.29 is 9.90 Å². The van der Waals surface area contributed by atoms with Crippen molar-refractivity contribution >= 4 is 17.6 Å². The molecule has 0 bridgehead atoms. The average molecular weight is 327 g/mol. The second-order valence-electron chi connectivity index (χ2n) is 4.73. The largest absolute Gasteiger partial charge is 0.480 e. The minimum absolute atomic E-state index is 0.110. The molecule has 2 aromatic rings. The number of aliphatic carboxylic acids is 1. The summed E-state index contributed by atoms with van der Waals surface area (Å²) in [7, 11) is 0. The van der Waals surface area contributed by atoms with Gasteiger partial charge in [-0.3, -0.25) is 14.8 Å². The van der Waals surface area contributed by atoms with Crippen LogP contribution in [0.3, 0.4) is 0 Å². The molecule has 2 heterocycles. The number of hydrogen-bond donors (Lipinski definition) is 4. The molecule has 0 aliphatic heterocycles. The smallest absolute Gasteiger partial charge is 0.317 e. The number of nitrogens with two attached hydrogens (primary N) is 2. The highest BCUT2D eigenvalue weighted by Gasteiger charge is 2.03. The Morgan fingerprint density at radius 2 is 1.79 bits per heavy atom. The standard InChI is InChI=1S/C15H17N7O2/c16-14(11-3-1-2-6-19-11)21-22-15(17)12-5-4-10(8-20-12)7-18-9-13(23)24/h1-6,8,18H,7,9H2,(H2,16,21)(H2,17,22)(H,23,24). The molecule has 0 spiro atoms. The zero-order valence-corrected chi connectivity index (χ0v) is 12.8. The molecule has 0 unspecified atom stereocenters. The fourth-order valence-electron chi connectivity index (χ4n) is 1.72. The predicted molar refractivity (Wildman–Crippen MR) is 89.3 cm³/mol. The highest BCUT2D eigenvalue weighted by molar-refractivity contribution is 5.98. The summed E-state index contributed by atoms with van der Waals surface area (Å²) < 4.78 is 0. The molecule has 2 rings (SSSR count). The lowest BCUT2D eigenvalue weighted by Crippen LogP contribution is -2.22. The van der Waals surface area contributed by atoms with Crippen LogP contribution in [-0.4, -0.2) is 39.3 Å². The van der Waals surface area contributed by atoms with Crippen LogP contribution in [-0.2, 0) is 11.3 Å². The van der Waals surface area contributed by atoms with Crippen molar-refractivity contribution in [2.45, 2.75) is 6.54 Å². The molecular weight excluding hydrogens is 310 g/mol. The van der Waals surface area contributed by atoms with Crippen molar-refractivity contribution in [1.29, 1.82) is 0 Å². The van der Waals surface area contributed by atoms with E-state index in [4.69, 9.17) is 16.6 Å². The summed E-state index contributed by atoms with van der Waals surface area (Å²) in [5.74, 6) is -0.661. The molecule has 0 fully saturated rings. The average Bonchev–Trinajstić information content (AvgIpc) is 2.60. The van der Waals surface area contributed by atoms with Gasteiger partial charge < -0.3 is 21.9 Å². The minimum atomic E-state index is -0.917. The molecule has 0 aliphatic carbocycles. The van der Waals surface area contributed by atoms with E-state index in [-0.39, 0.29) is 18.2 Å². The van der Waals surface area contributed by atoms with Gasteiger partial charge in [0.2, 0.25) is 0 Å². The van der Waals surface area contributed by atoms with Gasteiger partial charge in [0.25, 0.3) is 0 Å². The number of carboxylic acid groups (broad SMARTS) is 1. The van der Waals surface area contributed by atoms with Gasteiger partial charge in [-0.05, 0) is 23.8 Å². The second-order valence-corrected chi connectivity index (χ2v) is 4.73. The third-order valence-electron chi connectivity index (χ3n) is 2.89. The third-order valence-corrected chi connectivity index (χ3v) is 2.89. The van der Waals surface area contributed by atoms with Crippen molar-refractivity contribution in [3.8, 4) is 0 Å². The SMILES string of the molecule is N/C(=N\N=C(/N)c1ccc(CNCC(=O)O)cn1)c1ccccn1. The molecule has 6 N–H and O–H groups in total. The number of carbonyl (C=O) groups is 1. The van der Waals surface area contributed by atoms with Gasteiger partial charge in [-0.15, -0.1) is 10.2 Å². The van der Waals surface area contributed by atoms with Crippen LogP contribution in [0.4, 0.5) is 0 Å². The van der Waals surface area contributed by atoms with E-state index in [1.165, 1.54) is 0 Å². The fourth-order valence-corrected chi connectivity index (χ4v) is 1.72. The lowest BCUT2D eigenvalue weighted by molar-refractivity contribution is -0.135. The Kier molecular flexibility index (Phi) is 5.92. The van der Waals surface area contributed by atoms with Crippen LogP contribution in [0.5, 0.6) is 0 Å². The first-order chi connectivity index (χ1) is 11.6. The van der Waals surface area contributed by atoms with Crippen molar-refractivity contribution in [2.24, 2.45) is 21.7 Å². The van der Waals surface area contributed by atoms with Gasteiger partial charge in [-0.1, -0.05) is 12.1 Å². The van der Waals surface area contributed by atoms with Gasteiger partial charge >= 0.3 is 5.97 Å². The van der Waals surface area contributed by atoms with Gasteiger partial charge in [0, 0.05) is 18.9 Å². The van der Waals surface area contributed by atoms with E-state index >= 15 is 0 Å². The Hall–Kier alpha value is -3.33. The third kappa shape index (κ3) is 5.14. The van der Waals surface area contributed by atoms with E-state index in [0.29, 0.717) is 17.9 Å². The predicted octanol–water partition coefficient (Wildman–Crippen LogP) is -0.323. The van der Waals surface area contributed by atoms with E-state index in [1.54, 1.807) is 42.7 Å². The second kappa shape index (κ2) is 8.34. The van der Waals surface area contributed by atoms with Crippen LogP contribution in [0, 0.1) is 0 Å². The lowest BCUT2D eigenvalue weighted by Gasteiger charge is -2.03. The topological polar surface area (TPSA) is 152 Å². The van der Waals surface area contributed by atoms with Gasteiger partial charge in [0.15, 0.2) is 11.7 Å². The van der Waals surface area contributed by atoms with Crippen LogP contribution in [0.2, 0.25) is 0 Å². The molecule has 9 nitrogen and oxygen atoms in total. The summed E-state index contributed by atoms with van der Waals surface area (Å²) in [6.45, 7) is 0.272. The Balaban J connectivity index is 2.01. The number of rotatable bonds is 7. The van der Waals surface area contributed by atoms with E-state index in [9.17, 15) is 4.79 Å². The molecule has 0 aliphatic rings. The van der Waals surface area contributed by atoms with Crippen molar-refractivity contribution in [3.63, 3.8) is 0 Å². The molecule has 0 saturated carbocycles. The summed E-state index contributed by atoms with van der Waals surface area (Å²) in [6.07, 6.45) is 3.18. The van der Waals surface area contributed by atoms with E-state index in [2.05, 4.69) is 25.5 Å². The summed E-state index contributed by atoms with van der Waals surface area (Å²) in [6, 6.07) is 8.71. The molecule has 0 amide bonds. The quantitative estimate of drug-likeness (QED) is 0.309. The summed E-state index contributed by atoms with van der Waals surface area (Å²) >= 11 is 0. The molecular formula is C15H17N7O2. The maximum Gasteiger partial charge on any atom is 0.317 e. The fraction of sp³-hybridized carbons (Fsp3) is 0.133. The van der Waals surface area contributed by atoms with Gasteiger partial charge in [0.05, 0.1) is 6.54 Å². The van der Waals surface area contributed by atoms with E-state index < -0.39 is 5.97 Å². The van der Waals surface area contributed by atoms with Crippen LogP contribution in [0.1, 0.15) is 17.0 Å². The first-order valence-corrected chi connectivity index (χ1v) is 7.02. The van der Waals surface area contributed by atoms with Gasteiger partial charge in [0.1, 0.15) is 11.4 Å². The molecule has 124 valence electrons. The first-order valence-electron chi connectivity index (χ1n) is 7.02. The Morgan fingerprint density at radius 1 is 1.08 bits per heavy atom. The number of hydrogen-bond acceptors (Lipinski definition) is 6. The van der Waals surface area contributed by atoms with E-state index in [0.717, 1.165) is 5.56 Å². The number of amidine groups is 2. The van der Waals surface area contributed by atoms with Gasteiger partial charge in [-0.2, -0.15) is 0 Å². The molecule has 0 atom stereocenters. The molecule has 0 saturated heterocycles. The summed E-state index contributed by atoms with van der Waals surface area (Å²) in [5.41, 5.74) is 13.4. The van der Waals surface area contributed by atoms with Crippen LogP contribution in [0.15, 0.2) is 52.9 Å². The Bertz CT molecular complexity index is 742. The van der Waals surface area contributed by atoms with Crippen molar-refractivity contribution in [1.82, 2.24) is 15.3 Å². The van der Waals surface area contributed by atoms with Crippen molar-refractivity contribution in [3.05, 3.63) is 59.7 Å². The Labute approximate surface area is 138 Å². The summed E-state index contributed by atoms with van der Waals surface area (Å²) in [4.78, 5) is 18.6. The number of carboxylic acids is 1. The molecule has 0 radical (unpaired) electrons. The minimum Gasteiger partial charge on any atom is -0.480 e. The lowest BCUT2D eigenvalue weighted by atomic mass is 10.2. The zero-order valence-electron chi connectivity index (χ0n) is 12.8. The maximum atomic E-state index is 10.4. The molecule has 24 heavy (non-hydrogen) atoms.